The van der Waals surface area contributed by atoms with Gasteiger partial charge in [-0.15, -0.1) is 0 Å². The molecule has 7 nitrogen and oxygen atoms in total. The van der Waals surface area contributed by atoms with Gasteiger partial charge in [-0.05, 0) is 86.7 Å². The van der Waals surface area contributed by atoms with Crippen LogP contribution in [0.1, 0.15) is 45.1 Å². The van der Waals surface area contributed by atoms with Crippen LogP contribution in [0.5, 0.6) is 5.75 Å². The number of nitrogens with zero attached hydrogens (tertiary/aromatic N) is 3. The maximum absolute atomic E-state index is 12.6. The van der Waals surface area contributed by atoms with E-state index in [1.165, 1.54) is 11.1 Å². The van der Waals surface area contributed by atoms with Gasteiger partial charge in [0.1, 0.15) is 5.75 Å². The largest absolute Gasteiger partial charge is 0.497 e. The van der Waals surface area contributed by atoms with Crippen LogP contribution in [0.15, 0.2) is 42.5 Å². The maximum atomic E-state index is 12.6. The molecule has 7 heteroatoms. The number of piperidine rings is 2. The lowest BCUT2D eigenvalue weighted by Gasteiger charge is -2.45. The third-order valence-corrected chi connectivity index (χ3v) is 8.38. The summed E-state index contributed by atoms with van der Waals surface area (Å²) in [4.78, 5) is 31.0. The zero-order valence-electron chi connectivity index (χ0n) is 21.7. The zero-order valence-corrected chi connectivity index (χ0v) is 21.7. The number of hydrogen-bond donors (Lipinski definition) is 0. The molecule has 0 aromatic heterocycles. The second-order valence-corrected chi connectivity index (χ2v) is 10.3. The molecule has 192 valence electrons. The van der Waals surface area contributed by atoms with Crippen molar-refractivity contribution in [1.29, 1.82) is 0 Å². The van der Waals surface area contributed by atoms with Gasteiger partial charge < -0.3 is 24.2 Å². The molecule has 2 saturated heterocycles. The van der Waals surface area contributed by atoms with Gasteiger partial charge in [0.25, 0.3) is 0 Å². The molecule has 0 N–H and O–H groups in total. The van der Waals surface area contributed by atoms with Crippen LogP contribution >= 0.6 is 0 Å². The Hall–Kier alpha value is -3.06. The monoisotopic (exact) mass is 491 g/mol. The fourth-order valence-electron chi connectivity index (χ4n) is 6.29. The van der Waals surface area contributed by atoms with E-state index in [0.29, 0.717) is 12.6 Å². The number of amides is 2. The van der Waals surface area contributed by atoms with Gasteiger partial charge in [0.2, 0.25) is 5.91 Å². The Morgan fingerprint density at radius 1 is 0.972 bits per heavy atom. The smallest absolute Gasteiger partial charge is 0.409 e. The van der Waals surface area contributed by atoms with Gasteiger partial charge in [-0.2, -0.15) is 0 Å². The molecule has 0 saturated carbocycles. The van der Waals surface area contributed by atoms with E-state index in [2.05, 4.69) is 35.2 Å². The van der Waals surface area contributed by atoms with E-state index >= 15 is 0 Å². The number of likely N-dealkylation sites (tertiary alicyclic amines) is 2. The predicted molar refractivity (Wildman–Crippen MR) is 141 cm³/mol. The van der Waals surface area contributed by atoms with Crippen LogP contribution in [0.4, 0.5) is 10.5 Å². The minimum absolute atomic E-state index is 0.00832. The third kappa shape index (κ3) is 4.57. The number of methoxy groups -OCH3 is 1. The summed E-state index contributed by atoms with van der Waals surface area (Å²) in [6.07, 6.45) is 3.86. The second-order valence-electron chi connectivity index (χ2n) is 10.3. The van der Waals surface area contributed by atoms with Crippen LogP contribution in [0, 0.1) is 0 Å². The van der Waals surface area contributed by atoms with Crippen molar-refractivity contribution in [1.82, 2.24) is 9.80 Å². The van der Waals surface area contributed by atoms with Crippen molar-refractivity contribution in [2.75, 3.05) is 51.3 Å². The standard InChI is InChI=1S/C29H37N3O4/c1-4-36-28(34)31-15-11-24(12-16-31)30-17-13-29(14-18-30)20-32(21(2)33)27-10-7-23(19-26(27)29)22-5-8-25(35-3)9-6-22/h5-10,19,24H,4,11-18,20H2,1-3H3. The van der Waals surface area contributed by atoms with Crippen LogP contribution in [0.3, 0.4) is 0 Å². The van der Waals surface area contributed by atoms with Gasteiger partial charge >= 0.3 is 6.09 Å². The Bertz CT molecular complexity index is 1100. The number of benzene rings is 2. The Morgan fingerprint density at radius 3 is 2.25 bits per heavy atom. The summed E-state index contributed by atoms with van der Waals surface area (Å²) in [6.45, 7) is 8.26. The van der Waals surface area contributed by atoms with Gasteiger partial charge in [0.15, 0.2) is 0 Å². The Morgan fingerprint density at radius 2 is 1.64 bits per heavy atom. The van der Waals surface area contributed by atoms with Crippen LogP contribution < -0.4 is 9.64 Å². The van der Waals surface area contributed by atoms with E-state index in [9.17, 15) is 9.59 Å². The molecule has 2 fully saturated rings. The molecule has 2 aromatic rings. The molecule has 0 unspecified atom stereocenters. The molecule has 36 heavy (non-hydrogen) atoms. The maximum Gasteiger partial charge on any atom is 0.409 e. The number of carbonyl (C=O) groups is 2. The lowest BCUT2D eigenvalue weighted by Crippen LogP contribution is -2.52. The second kappa shape index (κ2) is 10.1. The van der Waals surface area contributed by atoms with Crippen molar-refractivity contribution in [3.63, 3.8) is 0 Å². The minimum atomic E-state index is -0.187. The fourth-order valence-corrected chi connectivity index (χ4v) is 6.29. The summed E-state index contributed by atoms with van der Waals surface area (Å²) in [5.41, 5.74) is 4.69. The summed E-state index contributed by atoms with van der Waals surface area (Å²) in [5.74, 6) is 0.957. The van der Waals surface area contributed by atoms with Crippen molar-refractivity contribution in [2.45, 2.75) is 51.0 Å². The number of rotatable bonds is 4. The van der Waals surface area contributed by atoms with E-state index in [0.717, 1.165) is 75.4 Å². The van der Waals surface area contributed by atoms with E-state index in [4.69, 9.17) is 9.47 Å². The number of fused-ring (bicyclic) bond motifs is 2. The van der Waals surface area contributed by atoms with Gasteiger partial charge in [0, 0.05) is 43.7 Å². The molecule has 2 amide bonds. The van der Waals surface area contributed by atoms with Crippen molar-refractivity contribution in [2.24, 2.45) is 0 Å². The Kier molecular flexibility index (Phi) is 6.93. The third-order valence-electron chi connectivity index (χ3n) is 8.38. The van der Waals surface area contributed by atoms with Crippen molar-refractivity contribution in [3.05, 3.63) is 48.0 Å². The first-order valence-electron chi connectivity index (χ1n) is 13.2. The van der Waals surface area contributed by atoms with Crippen molar-refractivity contribution < 1.29 is 19.1 Å². The number of carbonyl (C=O) groups excluding carboxylic acids is 2. The lowest BCUT2D eigenvalue weighted by molar-refractivity contribution is -0.116. The first-order chi connectivity index (χ1) is 17.4. The van der Waals surface area contributed by atoms with E-state index in [-0.39, 0.29) is 17.4 Å². The van der Waals surface area contributed by atoms with Crippen LogP contribution in [-0.2, 0) is 14.9 Å². The summed E-state index contributed by atoms with van der Waals surface area (Å²) in [7, 11) is 1.68. The summed E-state index contributed by atoms with van der Waals surface area (Å²) < 4.78 is 10.5. The fraction of sp³-hybridized carbons (Fsp3) is 0.517. The lowest BCUT2D eigenvalue weighted by atomic mass is 9.73. The Balaban J connectivity index is 1.32. The summed E-state index contributed by atoms with van der Waals surface area (Å²) >= 11 is 0. The highest BCUT2D eigenvalue weighted by Crippen LogP contribution is 2.48. The highest BCUT2D eigenvalue weighted by molar-refractivity contribution is 5.95. The van der Waals surface area contributed by atoms with E-state index in [1.54, 1.807) is 14.0 Å². The SMILES string of the molecule is CCOC(=O)N1CCC(N2CCC3(CC2)CN(C(C)=O)c2ccc(-c4ccc(OC)cc4)cc23)CC1. The van der Waals surface area contributed by atoms with E-state index in [1.807, 2.05) is 28.9 Å². The van der Waals surface area contributed by atoms with Crippen LogP contribution in [-0.4, -0.2) is 74.3 Å². The molecule has 0 atom stereocenters. The van der Waals surface area contributed by atoms with Gasteiger partial charge in [-0.1, -0.05) is 18.2 Å². The summed E-state index contributed by atoms with van der Waals surface area (Å²) in [6, 6.07) is 15.2. The first-order valence-corrected chi connectivity index (χ1v) is 13.2. The number of hydrogen-bond acceptors (Lipinski definition) is 5. The summed E-state index contributed by atoms with van der Waals surface area (Å²) in [5, 5.41) is 0. The minimum Gasteiger partial charge on any atom is -0.497 e. The molecule has 3 heterocycles. The van der Waals surface area contributed by atoms with Crippen molar-refractivity contribution >= 4 is 17.7 Å². The van der Waals surface area contributed by atoms with Crippen LogP contribution in [0.25, 0.3) is 11.1 Å². The molecular weight excluding hydrogens is 454 g/mol. The van der Waals surface area contributed by atoms with E-state index < -0.39 is 0 Å². The molecule has 0 radical (unpaired) electrons. The topological polar surface area (TPSA) is 62.3 Å². The zero-order chi connectivity index (χ0) is 25.3. The number of anilines is 1. The molecule has 2 aromatic carbocycles. The molecule has 0 bridgehead atoms. The van der Waals surface area contributed by atoms with Crippen molar-refractivity contribution in [3.8, 4) is 16.9 Å². The molecule has 5 rings (SSSR count). The van der Waals surface area contributed by atoms with Gasteiger partial charge in [-0.3, -0.25) is 4.79 Å². The quantitative estimate of drug-likeness (QED) is 0.621. The van der Waals surface area contributed by atoms with Gasteiger partial charge in [0.05, 0.1) is 13.7 Å². The molecular formula is C29H37N3O4. The average molecular weight is 492 g/mol. The predicted octanol–water partition coefficient (Wildman–Crippen LogP) is 4.68. The highest BCUT2D eigenvalue weighted by Gasteiger charge is 2.46. The van der Waals surface area contributed by atoms with Gasteiger partial charge in [-0.25, -0.2) is 4.79 Å². The molecule has 1 spiro atoms. The number of ether oxygens (including phenoxy) is 2. The highest BCUT2D eigenvalue weighted by atomic mass is 16.6. The normalized spacial score (nSPS) is 19.9. The Labute approximate surface area is 214 Å². The van der Waals surface area contributed by atoms with Crippen LogP contribution in [0.2, 0.25) is 0 Å². The average Bonchev–Trinajstić information content (AvgIpc) is 3.23. The molecule has 0 aliphatic carbocycles. The first kappa shape index (κ1) is 24.6. The molecule has 3 aliphatic heterocycles. The molecule has 3 aliphatic rings.